The summed E-state index contributed by atoms with van der Waals surface area (Å²) in [6.45, 7) is 1.83. The minimum atomic E-state index is -0.433. The molecule has 1 N–H and O–H groups in total. The highest BCUT2D eigenvalue weighted by Gasteiger charge is 2.35. The number of hydrogen-bond acceptors (Lipinski definition) is 7. The third kappa shape index (κ3) is 2.73. The van der Waals surface area contributed by atoms with Crippen LogP contribution in [0.25, 0.3) is 0 Å². The van der Waals surface area contributed by atoms with Gasteiger partial charge in [0.15, 0.2) is 0 Å². The summed E-state index contributed by atoms with van der Waals surface area (Å²) in [7, 11) is 2.98. The zero-order valence-corrected chi connectivity index (χ0v) is 14.7. The van der Waals surface area contributed by atoms with Gasteiger partial charge in [-0.05, 0) is 30.9 Å². The number of nitrogens with zero attached hydrogens (tertiary/aromatic N) is 3. The maximum Gasteiger partial charge on any atom is 0.338 e. The summed E-state index contributed by atoms with van der Waals surface area (Å²) in [6.07, 6.45) is 1.91. The second-order valence-corrected chi connectivity index (χ2v) is 5.97. The standard InChI is InChI=1S/C16H18N4O3S/c1-9-12(14(21)23-3)13(10-6-5-7-11(8-10)22-2)20-15(17-9)18-16(19-20)24-4/h5-8,13H,1-4H3,(H,17,18,19)/t13-/m0/s1. The minimum absolute atomic E-state index is 0.403. The average Bonchev–Trinajstić information content (AvgIpc) is 3.02. The van der Waals surface area contributed by atoms with Crippen LogP contribution in [0.4, 0.5) is 5.95 Å². The quantitative estimate of drug-likeness (QED) is 0.673. The second-order valence-electron chi connectivity index (χ2n) is 5.20. The van der Waals surface area contributed by atoms with Gasteiger partial charge < -0.3 is 14.8 Å². The zero-order chi connectivity index (χ0) is 17.3. The topological polar surface area (TPSA) is 78.3 Å². The van der Waals surface area contributed by atoms with Crippen molar-refractivity contribution in [2.75, 3.05) is 25.8 Å². The molecule has 2 heterocycles. The molecule has 0 fully saturated rings. The average molecular weight is 346 g/mol. The van der Waals surface area contributed by atoms with Gasteiger partial charge in [0.2, 0.25) is 11.1 Å². The molecule has 0 amide bonds. The number of carbonyl (C=O) groups is 1. The van der Waals surface area contributed by atoms with Crippen LogP contribution in [0.2, 0.25) is 0 Å². The van der Waals surface area contributed by atoms with Crippen LogP contribution in [-0.4, -0.2) is 41.2 Å². The van der Waals surface area contributed by atoms with Crippen LogP contribution in [0.5, 0.6) is 5.75 Å². The molecular formula is C16H18N4O3S. The lowest BCUT2D eigenvalue weighted by Crippen LogP contribution is -2.29. The highest BCUT2D eigenvalue weighted by atomic mass is 32.2. The number of benzene rings is 1. The van der Waals surface area contributed by atoms with E-state index in [1.165, 1.54) is 18.9 Å². The Morgan fingerprint density at radius 1 is 1.38 bits per heavy atom. The Hall–Kier alpha value is -2.48. The summed E-state index contributed by atoms with van der Waals surface area (Å²) in [5, 5.41) is 8.27. The van der Waals surface area contributed by atoms with Crippen molar-refractivity contribution in [2.45, 2.75) is 18.1 Å². The van der Waals surface area contributed by atoms with E-state index in [0.717, 1.165) is 5.56 Å². The van der Waals surface area contributed by atoms with Crippen molar-refractivity contribution < 1.29 is 14.3 Å². The highest BCUT2D eigenvalue weighted by Crippen LogP contribution is 2.37. The van der Waals surface area contributed by atoms with E-state index in [0.29, 0.717) is 28.1 Å². The number of ether oxygens (including phenoxy) is 2. The summed E-state index contributed by atoms with van der Waals surface area (Å²) < 4.78 is 12.0. The summed E-state index contributed by atoms with van der Waals surface area (Å²) in [6, 6.07) is 7.12. The zero-order valence-electron chi connectivity index (χ0n) is 13.9. The molecule has 1 atom stereocenters. The van der Waals surface area contributed by atoms with Gasteiger partial charge in [0.1, 0.15) is 11.8 Å². The molecule has 1 aromatic heterocycles. The van der Waals surface area contributed by atoms with E-state index in [-0.39, 0.29) is 0 Å². The third-order valence-electron chi connectivity index (χ3n) is 3.83. The van der Waals surface area contributed by atoms with Gasteiger partial charge in [-0.15, -0.1) is 5.10 Å². The fourth-order valence-corrected chi connectivity index (χ4v) is 3.06. The number of methoxy groups -OCH3 is 2. The van der Waals surface area contributed by atoms with E-state index in [1.807, 2.05) is 37.4 Å². The normalized spacial score (nSPS) is 16.4. The fraction of sp³-hybridized carbons (Fsp3) is 0.312. The van der Waals surface area contributed by atoms with Crippen LogP contribution in [-0.2, 0) is 9.53 Å². The van der Waals surface area contributed by atoms with E-state index in [9.17, 15) is 4.79 Å². The first-order chi connectivity index (χ1) is 11.6. The van der Waals surface area contributed by atoms with E-state index in [4.69, 9.17) is 9.47 Å². The Labute approximate surface area is 144 Å². The number of thioether (sulfide) groups is 1. The number of aromatic nitrogens is 3. The molecule has 2 aromatic rings. The maximum absolute atomic E-state index is 12.4. The molecule has 0 saturated heterocycles. The van der Waals surface area contributed by atoms with Crippen LogP contribution in [0.1, 0.15) is 18.5 Å². The van der Waals surface area contributed by atoms with Crippen molar-refractivity contribution in [2.24, 2.45) is 0 Å². The number of allylic oxidation sites excluding steroid dienone is 1. The monoisotopic (exact) mass is 346 g/mol. The van der Waals surface area contributed by atoms with Gasteiger partial charge in [-0.2, -0.15) is 4.98 Å². The minimum Gasteiger partial charge on any atom is -0.497 e. The lowest BCUT2D eigenvalue weighted by molar-refractivity contribution is -0.136. The Kier molecular flexibility index (Phi) is 4.48. The molecule has 0 unspecified atom stereocenters. The second kappa shape index (κ2) is 6.56. The molecule has 7 nitrogen and oxygen atoms in total. The summed E-state index contributed by atoms with van der Waals surface area (Å²) >= 11 is 1.44. The number of rotatable bonds is 4. The molecule has 0 bridgehead atoms. The van der Waals surface area contributed by atoms with Crippen LogP contribution in [0.15, 0.2) is 40.7 Å². The van der Waals surface area contributed by atoms with Crippen molar-refractivity contribution in [3.8, 4) is 5.75 Å². The molecule has 0 radical (unpaired) electrons. The molecule has 0 saturated carbocycles. The smallest absolute Gasteiger partial charge is 0.338 e. The van der Waals surface area contributed by atoms with Crippen molar-refractivity contribution in [3.63, 3.8) is 0 Å². The van der Waals surface area contributed by atoms with Crippen molar-refractivity contribution in [3.05, 3.63) is 41.1 Å². The number of fused-ring (bicyclic) bond motifs is 1. The van der Waals surface area contributed by atoms with Crippen LogP contribution >= 0.6 is 11.8 Å². The van der Waals surface area contributed by atoms with E-state index in [1.54, 1.807) is 11.8 Å². The van der Waals surface area contributed by atoms with Gasteiger partial charge >= 0.3 is 5.97 Å². The summed E-state index contributed by atoms with van der Waals surface area (Å²) in [5.41, 5.74) is 2.06. The molecule has 0 aliphatic carbocycles. The molecule has 24 heavy (non-hydrogen) atoms. The predicted molar refractivity (Wildman–Crippen MR) is 91.3 cm³/mol. The molecule has 8 heteroatoms. The molecule has 1 aromatic carbocycles. The van der Waals surface area contributed by atoms with Gasteiger partial charge in [-0.25, -0.2) is 9.48 Å². The highest BCUT2D eigenvalue weighted by molar-refractivity contribution is 7.98. The number of carbonyl (C=O) groups excluding carboxylic acids is 1. The first-order valence-corrected chi connectivity index (χ1v) is 8.52. The van der Waals surface area contributed by atoms with Gasteiger partial charge in [0.05, 0.1) is 19.8 Å². The maximum atomic E-state index is 12.4. The van der Waals surface area contributed by atoms with E-state index >= 15 is 0 Å². The first-order valence-electron chi connectivity index (χ1n) is 7.29. The van der Waals surface area contributed by atoms with E-state index in [2.05, 4.69) is 15.4 Å². The molecule has 1 aliphatic heterocycles. The molecule has 0 spiro atoms. The molecule has 126 valence electrons. The molecular weight excluding hydrogens is 328 g/mol. The number of hydrogen-bond donors (Lipinski definition) is 1. The van der Waals surface area contributed by atoms with Crippen molar-refractivity contribution >= 4 is 23.7 Å². The molecule has 1 aliphatic rings. The van der Waals surface area contributed by atoms with E-state index < -0.39 is 12.0 Å². The molecule has 3 rings (SSSR count). The Bertz CT molecular complexity index is 815. The number of nitrogens with one attached hydrogen (secondary N) is 1. The Morgan fingerprint density at radius 2 is 2.17 bits per heavy atom. The number of anilines is 1. The third-order valence-corrected chi connectivity index (χ3v) is 4.37. The Balaban J connectivity index is 2.19. The van der Waals surface area contributed by atoms with Gasteiger partial charge in [0.25, 0.3) is 0 Å². The van der Waals surface area contributed by atoms with Gasteiger partial charge in [0, 0.05) is 5.70 Å². The predicted octanol–water partition coefficient (Wildman–Crippen LogP) is 2.47. The fourth-order valence-electron chi connectivity index (χ4n) is 2.71. The summed E-state index contributed by atoms with van der Waals surface area (Å²) in [4.78, 5) is 16.8. The lowest BCUT2D eigenvalue weighted by atomic mass is 9.95. The first kappa shape index (κ1) is 16.4. The largest absolute Gasteiger partial charge is 0.497 e. The van der Waals surface area contributed by atoms with Crippen molar-refractivity contribution in [1.82, 2.24) is 14.8 Å². The lowest BCUT2D eigenvalue weighted by Gasteiger charge is -2.28. The van der Waals surface area contributed by atoms with Crippen LogP contribution < -0.4 is 10.1 Å². The van der Waals surface area contributed by atoms with Gasteiger partial charge in [-0.3, -0.25) is 0 Å². The van der Waals surface area contributed by atoms with Crippen molar-refractivity contribution in [1.29, 1.82) is 0 Å². The number of esters is 1. The Morgan fingerprint density at radius 3 is 2.83 bits per heavy atom. The van der Waals surface area contributed by atoms with Gasteiger partial charge in [-0.1, -0.05) is 23.9 Å². The SMILES string of the molecule is COC(=O)C1=C(C)Nc2nc(SC)nn2[C@H]1c1cccc(OC)c1. The van der Waals surface area contributed by atoms with Crippen LogP contribution in [0.3, 0.4) is 0 Å². The van der Waals surface area contributed by atoms with Crippen LogP contribution in [0, 0.1) is 0 Å². The summed E-state index contributed by atoms with van der Waals surface area (Å²) in [5.74, 6) is 0.900.